The van der Waals surface area contributed by atoms with Crippen LogP contribution in [0.15, 0.2) is 30.0 Å². The van der Waals surface area contributed by atoms with E-state index in [0.29, 0.717) is 5.56 Å². The van der Waals surface area contributed by atoms with Crippen LogP contribution in [-0.2, 0) is 9.47 Å². The predicted octanol–water partition coefficient (Wildman–Crippen LogP) is 0.699. The topological polar surface area (TPSA) is 182 Å². The number of phenolic OH excluding ortho intramolecular Hbond substituents is 4. The van der Waals surface area contributed by atoms with E-state index in [-0.39, 0.29) is 34.3 Å². The summed E-state index contributed by atoms with van der Waals surface area (Å²) >= 11 is 0. The lowest BCUT2D eigenvalue weighted by Gasteiger charge is -2.40. The zero-order valence-corrected chi connectivity index (χ0v) is 17.7. The van der Waals surface area contributed by atoms with E-state index in [9.17, 15) is 35.7 Å². The largest absolute Gasteiger partial charge is 0.571 e. The van der Waals surface area contributed by atoms with Crippen molar-refractivity contribution in [2.24, 2.45) is 0 Å². The van der Waals surface area contributed by atoms with Gasteiger partial charge < -0.3 is 54.7 Å². The quantitative estimate of drug-likeness (QED) is 0.251. The van der Waals surface area contributed by atoms with Crippen molar-refractivity contribution in [2.75, 3.05) is 7.11 Å². The highest BCUT2D eigenvalue weighted by Gasteiger charge is 2.45. The molecule has 11 nitrogen and oxygen atoms in total. The third kappa shape index (κ3) is 4.07. The fourth-order valence-corrected chi connectivity index (χ4v) is 3.80. The summed E-state index contributed by atoms with van der Waals surface area (Å²) in [5.74, 6) is -1.24. The Hall–Kier alpha value is -3.38. The Labute approximate surface area is 187 Å². The van der Waals surface area contributed by atoms with Gasteiger partial charge in [0.15, 0.2) is 17.3 Å². The summed E-state index contributed by atoms with van der Waals surface area (Å²) in [7, 11) is 1.30. The smallest absolute Gasteiger partial charge is 0.270 e. The molecule has 0 bridgehead atoms. The van der Waals surface area contributed by atoms with Gasteiger partial charge >= 0.3 is 0 Å². The van der Waals surface area contributed by atoms with Crippen LogP contribution in [0.25, 0.3) is 6.08 Å². The molecule has 1 fully saturated rings. The molecule has 1 saturated heterocycles. The molecule has 2 aliphatic heterocycles. The number of fused-ring (bicyclic) bond motifs is 1. The van der Waals surface area contributed by atoms with Gasteiger partial charge in [0.2, 0.25) is 12.0 Å². The van der Waals surface area contributed by atoms with Gasteiger partial charge in [-0.3, -0.25) is 0 Å². The lowest BCUT2D eigenvalue weighted by atomic mass is 9.98. The van der Waals surface area contributed by atoms with Gasteiger partial charge in [0.05, 0.1) is 24.8 Å². The molecule has 8 N–H and O–H groups in total. The van der Waals surface area contributed by atoms with Crippen LogP contribution in [0.1, 0.15) is 24.2 Å². The number of hydrogen-bond acceptors (Lipinski definition) is 10. The Balaban J connectivity index is 1.78. The normalized spacial score (nSPS) is 28.9. The average Bonchev–Trinajstić information content (AvgIpc) is 2.77. The minimum absolute atomic E-state index is 0.0368. The van der Waals surface area contributed by atoms with E-state index in [1.54, 1.807) is 0 Å². The van der Waals surface area contributed by atoms with Gasteiger partial charge in [-0.05, 0) is 19.1 Å². The van der Waals surface area contributed by atoms with E-state index < -0.39 is 48.3 Å². The van der Waals surface area contributed by atoms with Gasteiger partial charge in [-0.15, -0.1) is 0 Å². The van der Waals surface area contributed by atoms with Crippen molar-refractivity contribution in [2.45, 2.75) is 43.7 Å². The highest BCUT2D eigenvalue weighted by atomic mass is 16.7. The highest BCUT2D eigenvalue weighted by molar-refractivity contribution is 5.69. The first-order valence-electron chi connectivity index (χ1n) is 10.0. The zero-order chi connectivity index (χ0) is 24.0. The van der Waals surface area contributed by atoms with Gasteiger partial charge in [0.1, 0.15) is 35.4 Å². The van der Waals surface area contributed by atoms with Crippen molar-refractivity contribution >= 4 is 6.08 Å². The number of hydrogen-bond donors (Lipinski definition) is 7. The molecule has 11 heteroatoms. The SMILES string of the molecule is COc1cc(C2[OH+]c3cc(O)cc(O)c3C=C2OC2OC(C)C(O)C(O)C2O)cc(O)c1O. The van der Waals surface area contributed by atoms with Crippen LogP contribution in [0.2, 0.25) is 0 Å². The van der Waals surface area contributed by atoms with E-state index in [1.165, 1.54) is 38.3 Å². The maximum atomic E-state index is 10.4. The molecule has 33 heavy (non-hydrogen) atoms. The van der Waals surface area contributed by atoms with Gasteiger partial charge in [-0.2, -0.15) is 0 Å². The van der Waals surface area contributed by atoms with Crippen LogP contribution in [0.4, 0.5) is 0 Å². The second kappa shape index (κ2) is 8.52. The van der Waals surface area contributed by atoms with E-state index in [4.69, 9.17) is 14.2 Å². The third-order valence-electron chi connectivity index (χ3n) is 5.62. The number of ether oxygens (including phenoxy) is 4. The van der Waals surface area contributed by atoms with Crippen molar-refractivity contribution in [3.05, 3.63) is 41.2 Å². The molecule has 0 aliphatic carbocycles. The maximum absolute atomic E-state index is 10.4. The van der Waals surface area contributed by atoms with E-state index >= 15 is 0 Å². The van der Waals surface area contributed by atoms with Crippen molar-refractivity contribution < 1.29 is 54.7 Å². The van der Waals surface area contributed by atoms with Crippen LogP contribution in [0, 0.1) is 0 Å². The fraction of sp³-hybridized carbons (Fsp3) is 0.364. The van der Waals surface area contributed by atoms with Gasteiger partial charge in [0, 0.05) is 12.1 Å². The molecule has 0 spiro atoms. The first-order valence-corrected chi connectivity index (χ1v) is 10.0. The molecular formula is C22H25O11+. The van der Waals surface area contributed by atoms with Crippen molar-refractivity contribution in [1.29, 1.82) is 0 Å². The number of aliphatic hydroxyl groups excluding tert-OH is 3. The molecule has 2 aromatic carbocycles. The zero-order valence-electron chi connectivity index (χ0n) is 17.7. The summed E-state index contributed by atoms with van der Waals surface area (Å²) in [6.07, 6.45) is -6.29. The summed E-state index contributed by atoms with van der Waals surface area (Å²) in [5.41, 5.74) is 0.522. The van der Waals surface area contributed by atoms with Gasteiger partial charge in [-0.1, -0.05) is 0 Å². The molecule has 0 amide bonds. The minimum Gasteiger partial charge on any atom is -0.571 e. The van der Waals surface area contributed by atoms with Crippen LogP contribution in [0.3, 0.4) is 0 Å². The first-order chi connectivity index (χ1) is 15.6. The molecule has 2 aliphatic rings. The number of aromatic hydroxyl groups is 5. The minimum atomic E-state index is -1.60. The summed E-state index contributed by atoms with van der Waals surface area (Å²) in [5, 5.41) is 70.7. The van der Waals surface area contributed by atoms with Crippen LogP contribution < -0.4 is 4.74 Å². The average molecular weight is 465 g/mol. The van der Waals surface area contributed by atoms with Gasteiger partial charge in [0.25, 0.3) is 11.9 Å². The molecule has 2 aromatic rings. The van der Waals surface area contributed by atoms with Crippen LogP contribution in [-0.4, -0.2) is 78.3 Å². The number of rotatable bonds is 4. The van der Waals surface area contributed by atoms with Crippen molar-refractivity contribution in [1.82, 2.24) is 0 Å². The Morgan fingerprint density at radius 2 is 1.64 bits per heavy atom. The second-order valence-electron chi connectivity index (χ2n) is 7.87. The standard InChI is InChI=1S/C22H24O11/c1-8-17(26)19(28)20(29)22(31-8)33-16-7-11-12(24)5-10(23)6-14(11)32-21(16)9-3-13(25)18(27)15(4-9)30-2/h3-8,17,19-29H,1-2H3/p+1. The summed E-state index contributed by atoms with van der Waals surface area (Å²) in [6.45, 7) is 1.50. The number of methoxy groups -OCH3 is 1. The van der Waals surface area contributed by atoms with E-state index in [0.717, 1.165) is 6.07 Å². The fourth-order valence-electron chi connectivity index (χ4n) is 3.80. The molecule has 0 radical (unpaired) electrons. The summed E-state index contributed by atoms with van der Waals surface area (Å²) < 4.78 is 21.0. The molecule has 178 valence electrons. The van der Waals surface area contributed by atoms with Crippen molar-refractivity contribution in [3.8, 4) is 34.5 Å². The Morgan fingerprint density at radius 1 is 0.909 bits per heavy atom. The highest BCUT2D eigenvalue weighted by Crippen LogP contribution is 2.47. The number of benzene rings is 2. The molecule has 6 atom stereocenters. The maximum Gasteiger partial charge on any atom is 0.270 e. The Kier molecular flexibility index (Phi) is 5.89. The second-order valence-corrected chi connectivity index (χ2v) is 7.87. The summed E-state index contributed by atoms with van der Waals surface area (Å²) in [4.78, 5) is 0. The third-order valence-corrected chi connectivity index (χ3v) is 5.62. The summed E-state index contributed by atoms with van der Waals surface area (Å²) in [6, 6.07) is 5.08. The van der Waals surface area contributed by atoms with Crippen molar-refractivity contribution in [3.63, 3.8) is 0 Å². The first kappa shape index (κ1) is 22.8. The lowest BCUT2D eigenvalue weighted by Crippen LogP contribution is -2.57. The molecule has 4 rings (SSSR count). The monoisotopic (exact) mass is 465 g/mol. The molecule has 2 heterocycles. The van der Waals surface area contributed by atoms with Crippen LogP contribution in [0.5, 0.6) is 34.5 Å². The predicted molar refractivity (Wildman–Crippen MR) is 112 cm³/mol. The van der Waals surface area contributed by atoms with E-state index in [2.05, 4.69) is 4.74 Å². The Morgan fingerprint density at radius 3 is 2.33 bits per heavy atom. The molecule has 6 unspecified atom stereocenters. The Bertz CT molecular complexity index is 1080. The lowest BCUT2D eigenvalue weighted by molar-refractivity contribution is -0.287. The molecule has 0 saturated carbocycles. The van der Waals surface area contributed by atoms with Gasteiger partial charge in [-0.25, -0.2) is 0 Å². The molecular weight excluding hydrogens is 440 g/mol. The number of phenols is 4. The van der Waals surface area contributed by atoms with E-state index in [1.807, 2.05) is 0 Å². The number of aliphatic hydroxyl groups is 4. The van der Waals surface area contributed by atoms with Crippen LogP contribution >= 0.6 is 0 Å². The molecule has 0 aromatic heterocycles.